The molecule has 0 aliphatic heterocycles. The van der Waals surface area contributed by atoms with Gasteiger partial charge < -0.3 is 9.84 Å². The number of rotatable bonds is 14. The van der Waals surface area contributed by atoms with Gasteiger partial charge in [-0.3, -0.25) is 4.79 Å². The molecular formula is C26H43FO3. The van der Waals surface area contributed by atoms with Crippen molar-refractivity contribution >= 4 is 5.97 Å². The van der Waals surface area contributed by atoms with E-state index in [0.29, 0.717) is 12.3 Å². The Balaban J connectivity index is 2.70. The molecule has 1 N–H and O–H groups in total. The normalized spacial score (nSPS) is 14.5. The number of ether oxygens (including phenoxy) is 1. The van der Waals surface area contributed by atoms with Crippen molar-refractivity contribution in [2.75, 3.05) is 6.61 Å². The van der Waals surface area contributed by atoms with Crippen LogP contribution in [0.15, 0.2) is 24.3 Å². The minimum absolute atomic E-state index is 0.0720. The lowest BCUT2D eigenvalue weighted by Gasteiger charge is -2.43. The van der Waals surface area contributed by atoms with Crippen molar-refractivity contribution in [1.29, 1.82) is 0 Å². The number of carboxylic acids is 1. The molecule has 2 unspecified atom stereocenters. The summed E-state index contributed by atoms with van der Waals surface area (Å²) in [4.78, 5) is 11.8. The molecule has 0 aromatic heterocycles. The summed E-state index contributed by atoms with van der Waals surface area (Å²) in [6, 6.07) is 6.03. The molecule has 0 spiro atoms. The van der Waals surface area contributed by atoms with Crippen molar-refractivity contribution in [1.82, 2.24) is 0 Å². The molecule has 0 fully saturated rings. The summed E-state index contributed by atoms with van der Waals surface area (Å²) >= 11 is 0. The summed E-state index contributed by atoms with van der Waals surface area (Å²) in [6.45, 7) is 13.3. The molecule has 0 bridgehead atoms. The van der Waals surface area contributed by atoms with Gasteiger partial charge in [0, 0.05) is 0 Å². The molecule has 1 aromatic rings. The Bertz CT molecular complexity index is 616. The highest BCUT2D eigenvalue weighted by molar-refractivity contribution is 5.70. The first kappa shape index (κ1) is 26.6. The van der Waals surface area contributed by atoms with E-state index in [0.717, 1.165) is 12.0 Å². The fraction of sp³-hybridized carbons (Fsp3) is 0.731. The van der Waals surface area contributed by atoms with Gasteiger partial charge >= 0.3 is 5.97 Å². The van der Waals surface area contributed by atoms with Gasteiger partial charge in [-0.2, -0.15) is 0 Å². The predicted molar refractivity (Wildman–Crippen MR) is 122 cm³/mol. The van der Waals surface area contributed by atoms with Crippen molar-refractivity contribution in [3.8, 4) is 0 Å². The van der Waals surface area contributed by atoms with Crippen LogP contribution < -0.4 is 0 Å². The van der Waals surface area contributed by atoms with Crippen LogP contribution in [0.4, 0.5) is 4.39 Å². The molecule has 172 valence electrons. The molecule has 0 amide bonds. The molecule has 0 heterocycles. The molecule has 4 heteroatoms. The predicted octanol–water partition coefficient (Wildman–Crippen LogP) is 7.28. The zero-order valence-corrected chi connectivity index (χ0v) is 20.0. The molecule has 3 nitrogen and oxygen atoms in total. The largest absolute Gasteiger partial charge is 0.481 e. The second-order valence-electron chi connectivity index (χ2n) is 10.3. The summed E-state index contributed by atoms with van der Waals surface area (Å²) in [5, 5.41) is 9.67. The van der Waals surface area contributed by atoms with Crippen molar-refractivity contribution in [2.45, 2.75) is 98.5 Å². The molecule has 0 radical (unpaired) electrons. The van der Waals surface area contributed by atoms with Gasteiger partial charge in [-0.05, 0) is 55.7 Å². The fourth-order valence-electron chi connectivity index (χ4n) is 4.49. The van der Waals surface area contributed by atoms with Crippen molar-refractivity contribution in [3.05, 3.63) is 35.6 Å². The minimum Gasteiger partial charge on any atom is -0.481 e. The van der Waals surface area contributed by atoms with Gasteiger partial charge in [0.25, 0.3) is 0 Å². The van der Waals surface area contributed by atoms with E-state index in [1.54, 1.807) is 12.1 Å². The smallest absolute Gasteiger partial charge is 0.309 e. The van der Waals surface area contributed by atoms with E-state index in [2.05, 4.69) is 41.5 Å². The summed E-state index contributed by atoms with van der Waals surface area (Å²) in [5.41, 5.74) is 0.463. The van der Waals surface area contributed by atoms with Crippen LogP contribution in [-0.2, 0) is 16.0 Å². The number of hydrogen-bond acceptors (Lipinski definition) is 2. The summed E-state index contributed by atoms with van der Waals surface area (Å²) < 4.78 is 19.4. The first-order chi connectivity index (χ1) is 14.0. The second kappa shape index (κ2) is 12.4. The number of benzene rings is 1. The third-order valence-corrected chi connectivity index (χ3v) is 6.13. The van der Waals surface area contributed by atoms with Crippen LogP contribution in [0, 0.1) is 23.1 Å². The molecule has 0 aliphatic carbocycles. The number of hydrogen-bond donors (Lipinski definition) is 1. The maximum atomic E-state index is 13.1. The average molecular weight is 423 g/mol. The van der Waals surface area contributed by atoms with Gasteiger partial charge in [0.2, 0.25) is 0 Å². The molecule has 1 aromatic carbocycles. The molecule has 2 atom stereocenters. The van der Waals surface area contributed by atoms with Crippen LogP contribution in [0.25, 0.3) is 0 Å². The van der Waals surface area contributed by atoms with E-state index in [9.17, 15) is 14.3 Å². The topological polar surface area (TPSA) is 46.5 Å². The molecule has 0 saturated heterocycles. The maximum absolute atomic E-state index is 13.1. The summed E-state index contributed by atoms with van der Waals surface area (Å²) in [5.74, 6) is -1.51. The van der Waals surface area contributed by atoms with Gasteiger partial charge in [0.15, 0.2) is 0 Å². The zero-order valence-electron chi connectivity index (χ0n) is 20.0. The SMILES string of the molecule is CCCCCCCCC(C(C)(C)C)C(C)(C)OCC(Cc1ccc(F)cc1)C(=O)O. The Morgan fingerprint density at radius 1 is 1.00 bits per heavy atom. The van der Waals surface area contributed by atoms with E-state index >= 15 is 0 Å². The third-order valence-electron chi connectivity index (χ3n) is 6.13. The standard InChI is InChI=1S/C26H43FO3/c1-7-8-9-10-11-12-13-23(25(2,3)4)26(5,6)30-19-21(24(28)29)18-20-14-16-22(27)17-15-20/h14-17,21,23H,7-13,18-19H2,1-6H3,(H,28,29). The Kier molecular flexibility index (Phi) is 11.0. The Labute approximate surface area is 183 Å². The van der Waals surface area contributed by atoms with Crippen LogP contribution in [-0.4, -0.2) is 23.3 Å². The lowest BCUT2D eigenvalue weighted by atomic mass is 9.69. The zero-order chi connectivity index (χ0) is 22.8. The summed E-state index contributed by atoms with van der Waals surface area (Å²) in [7, 11) is 0. The van der Waals surface area contributed by atoms with Crippen LogP contribution in [0.2, 0.25) is 0 Å². The van der Waals surface area contributed by atoms with E-state index in [-0.39, 0.29) is 17.8 Å². The highest BCUT2D eigenvalue weighted by atomic mass is 19.1. The summed E-state index contributed by atoms with van der Waals surface area (Å²) in [6.07, 6.45) is 8.99. The maximum Gasteiger partial charge on any atom is 0.309 e. The van der Waals surface area contributed by atoms with E-state index < -0.39 is 17.5 Å². The van der Waals surface area contributed by atoms with E-state index in [1.165, 1.54) is 50.7 Å². The Morgan fingerprint density at radius 2 is 1.57 bits per heavy atom. The van der Waals surface area contributed by atoms with Crippen molar-refractivity contribution in [3.63, 3.8) is 0 Å². The second-order valence-corrected chi connectivity index (χ2v) is 10.3. The number of unbranched alkanes of at least 4 members (excludes halogenated alkanes) is 5. The van der Waals surface area contributed by atoms with Crippen LogP contribution in [0.3, 0.4) is 0 Å². The molecular weight excluding hydrogens is 379 g/mol. The molecule has 1 rings (SSSR count). The quantitative estimate of drug-likeness (QED) is 0.320. The fourth-order valence-corrected chi connectivity index (χ4v) is 4.49. The highest BCUT2D eigenvalue weighted by Gasteiger charge is 2.39. The molecule has 30 heavy (non-hydrogen) atoms. The molecule has 0 aliphatic rings. The van der Waals surface area contributed by atoms with Crippen LogP contribution in [0.5, 0.6) is 0 Å². The van der Waals surface area contributed by atoms with Crippen LogP contribution in [0.1, 0.15) is 92.1 Å². The first-order valence-electron chi connectivity index (χ1n) is 11.6. The average Bonchev–Trinajstić information content (AvgIpc) is 2.64. The van der Waals surface area contributed by atoms with E-state index in [1.807, 2.05) is 0 Å². The number of aliphatic carboxylic acids is 1. The van der Waals surface area contributed by atoms with Crippen molar-refractivity contribution in [2.24, 2.45) is 17.3 Å². The lowest BCUT2D eigenvalue weighted by molar-refractivity contribution is -0.150. The van der Waals surface area contributed by atoms with Crippen molar-refractivity contribution < 1.29 is 19.0 Å². The van der Waals surface area contributed by atoms with E-state index in [4.69, 9.17) is 4.74 Å². The van der Waals surface area contributed by atoms with Gasteiger partial charge in [-0.25, -0.2) is 4.39 Å². The molecule has 0 saturated carbocycles. The highest BCUT2D eigenvalue weighted by Crippen LogP contribution is 2.40. The van der Waals surface area contributed by atoms with Gasteiger partial charge in [-0.15, -0.1) is 0 Å². The lowest BCUT2D eigenvalue weighted by Crippen LogP contribution is -2.43. The minimum atomic E-state index is -0.877. The number of carbonyl (C=O) groups is 1. The Hall–Kier alpha value is -1.42. The van der Waals surface area contributed by atoms with Gasteiger partial charge in [0.05, 0.1) is 18.1 Å². The third kappa shape index (κ3) is 9.59. The van der Waals surface area contributed by atoms with Gasteiger partial charge in [0.1, 0.15) is 5.82 Å². The Morgan fingerprint density at radius 3 is 2.10 bits per heavy atom. The first-order valence-corrected chi connectivity index (χ1v) is 11.6. The monoisotopic (exact) mass is 422 g/mol. The van der Waals surface area contributed by atoms with Crippen LogP contribution >= 0.6 is 0 Å². The number of halogens is 1. The van der Waals surface area contributed by atoms with Gasteiger partial charge in [-0.1, -0.05) is 78.4 Å². The number of carboxylic acid groups (broad SMARTS) is 1.